The first-order chi connectivity index (χ1) is 9.60. The second kappa shape index (κ2) is 6.73. The number of thioether (sulfide) groups is 1. The average molecular weight is 357 g/mol. The number of nitrogen functional groups attached to an aromatic ring is 2. The summed E-state index contributed by atoms with van der Waals surface area (Å²) in [4.78, 5) is 12.2. The molecule has 0 aliphatic rings. The second-order valence-electron chi connectivity index (χ2n) is 3.87. The quantitative estimate of drug-likeness (QED) is 0.242. The van der Waals surface area contributed by atoms with Crippen molar-refractivity contribution in [3.8, 4) is 0 Å². The van der Waals surface area contributed by atoms with E-state index in [9.17, 15) is 4.79 Å². The molecule has 1 amide bonds. The highest BCUT2D eigenvalue weighted by Crippen LogP contribution is 2.27. The molecule has 9 heteroatoms. The summed E-state index contributed by atoms with van der Waals surface area (Å²) in [7, 11) is 0. The molecule has 2 aromatic rings. The van der Waals surface area contributed by atoms with Crippen LogP contribution in [-0.2, 0) is 6.54 Å². The Bertz CT molecular complexity index is 617. The van der Waals surface area contributed by atoms with Gasteiger partial charge in [0.15, 0.2) is 5.69 Å². The van der Waals surface area contributed by atoms with E-state index in [1.54, 1.807) is 22.6 Å². The fourth-order valence-electron chi connectivity index (χ4n) is 1.49. The molecule has 0 aliphatic heterocycles. The topological polar surface area (TPSA) is 112 Å². The van der Waals surface area contributed by atoms with E-state index in [0.29, 0.717) is 6.54 Å². The highest BCUT2D eigenvalue weighted by atomic mass is 79.9. The van der Waals surface area contributed by atoms with Crippen molar-refractivity contribution in [1.82, 2.24) is 20.4 Å². The molecule has 0 aliphatic carbocycles. The number of hydrazine groups is 1. The van der Waals surface area contributed by atoms with Crippen LogP contribution in [0.1, 0.15) is 10.5 Å². The molecule has 0 spiro atoms. The molecule has 0 bridgehead atoms. The molecular formula is C11H13BrN6OS. The molecule has 106 valence electrons. The number of nitrogens with one attached hydrogen (secondary N) is 1. The van der Waals surface area contributed by atoms with Crippen LogP contribution < -0.4 is 17.0 Å². The van der Waals surface area contributed by atoms with E-state index < -0.39 is 5.91 Å². The lowest BCUT2D eigenvalue weighted by Crippen LogP contribution is -2.30. The molecule has 1 aromatic heterocycles. The van der Waals surface area contributed by atoms with E-state index in [-0.39, 0.29) is 5.69 Å². The Labute approximate surface area is 128 Å². The third-order valence-corrected chi connectivity index (χ3v) is 4.01. The number of aromatic nitrogens is 3. The number of nitrogens with two attached hydrogens (primary N) is 2. The highest BCUT2D eigenvalue weighted by molar-refractivity contribution is 9.10. The van der Waals surface area contributed by atoms with Gasteiger partial charge in [0.05, 0.1) is 12.7 Å². The first-order valence-corrected chi connectivity index (χ1v) is 7.47. The van der Waals surface area contributed by atoms with Crippen molar-refractivity contribution in [3.63, 3.8) is 0 Å². The van der Waals surface area contributed by atoms with Crippen LogP contribution in [-0.4, -0.2) is 26.7 Å². The van der Waals surface area contributed by atoms with Gasteiger partial charge in [0.2, 0.25) is 0 Å². The highest BCUT2D eigenvalue weighted by Gasteiger charge is 2.08. The van der Waals surface area contributed by atoms with E-state index in [1.165, 1.54) is 0 Å². The van der Waals surface area contributed by atoms with Crippen LogP contribution in [0.3, 0.4) is 0 Å². The summed E-state index contributed by atoms with van der Waals surface area (Å²) in [5.41, 5.74) is 8.84. The third-order valence-electron chi connectivity index (χ3n) is 2.45. The standard InChI is InChI=1S/C11H13BrN6OS/c12-7-1-2-10(8(13)5-7)20-4-3-18-6-9(16-17-18)11(19)15-14/h1-2,5-6H,3-4,13-14H2,(H,15,19). The van der Waals surface area contributed by atoms with E-state index in [0.717, 1.165) is 20.8 Å². The molecule has 1 heterocycles. The fourth-order valence-corrected chi connectivity index (χ4v) is 2.75. The predicted octanol–water partition coefficient (Wildman–Crippen LogP) is 1.02. The summed E-state index contributed by atoms with van der Waals surface area (Å²) in [5, 5.41) is 7.57. The minimum atomic E-state index is -0.457. The van der Waals surface area contributed by atoms with Gasteiger partial charge in [-0.05, 0) is 18.2 Å². The van der Waals surface area contributed by atoms with Crippen molar-refractivity contribution in [2.24, 2.45) is 5.84 Å². The number of hydrogen-bond acceptors (Lipinski definition) is 6. The van der Waals surface area contributed by atoms with Crippen LogP contribution in [0.2, 0.25) is 0 Å². The summed E-state index contributed by atoms with van der Waals surface area (Å²) >= 11 is 4.98. The zero-order chi connectivity index (χ0) is 14.5. The zero-order valence-electron chi connectivity index (χ0n) is 10.4. The Hall–Kier alpha value is -1.58. The maximum absolute atomic E-state index is 11.2. The summed E-state index contributed by atoms with van der Waals surface area (Å²) in [6.45, 7) is 0.616. The van der Waals surface area contributed by atoms with Crippen molar-refractivity contribution in [3.05, 3.63) is 34.6 Å². The summed E-state index contributed by atoms with van der Waals surface area (Å²) in [6.07, 6.45) is 1.55. The monoisotopic (exact) mass is 356 g/mol. The number of benzene rings is 1. The Morgan fingerprint density at radius 3 is 3.00 bits per heavy atom. The number of rotatable bonds is 5. The second-order valence-corrected chi connectivity index (χ2v) is 5.92. The number of carbonyl (C=O) groups excluding carboxylic acids is 1. The smallest absolute Gasteiger partial charge is 0.287 e. The van der Waals surface area contributed by atoms with Gasteiger partial charge in [-0.1, -0.05) is 21.1 Å². The van der Waals surface area contributed by atoms with E-state index in [4.69, 9.17) is 11.6 Å². The van der Waals surface area contributed by atoms with Gasteiger partial charge in [-0.2, -0.15) is 0 Å². The molecule has 0 saturated heterocycles. The minimum absolute atomic E-state index is 0.195. The average Bonchev–Trinajstić information content (AvgIpc) is 2.89. The van der Waals surface area contributed by atoms with Gasteiger partial charge in [0.1, 0.15) is 0 Å². The van der Waals surface area contributed by atoms with Crippen LogP contribution in [0.15, 0.2) is 33.8 Å². The van der Waals surface area contributed by atoms with E-state index in [2.05, 4.69) is 26.2 Å². The van der Waals surface area contributed by atoms with Crippen molar-refractivity contribution >= 4 is 39.3 Å². The first kappa shape index (κ1) is 14.8. The van der Waals surface area contributed by atoms with Gasteiger partial charge in [-0.3, -0.25) is 14.9 Å². The van der Waals surface area contributed by atoms with Crippen molar-refractivity contribution in [1.29, 1.82) is 0 Å². The van der Waals surface area contributed by atoms with Gasteiger partial charge >= 0.3 is 0 Å². The fraction of sp³-hybridized carbons (Fsp3) is 0.182. The molecule has 7 nitrogen and oxygen atoms in total. The first-order valence-electron chi connectivity index (χ1n) is 5.69. The molecule has 5 N–H and O–H groups in total. The Kier molecular flexibility index (Phi) is 4.99. The molecule has 20 heavy (non-hydrogen) atoms. The van der Waals surface area contributed by atoms with E-state index >= 15 is 0 Å². The third kappa shape index (κ3) is 3.71. The van der Waals surface area contributed by atoms with E-state index in [1.807, 2.05) is 23.6 Å². The molecule has 0 unspecified atom stereocenters. The Morgan fingerprint density at radius 1 is 1.50 bits per heavy atom. The zero-order valence-corrected chi connectivity index (χ0v) is 12.8. The van der Waals surface area contributed by atoms with Crippen LogP contribution in [0.5, 0.6) is 0 Å². The molecule has 0 fully saturated rings. The Balaban J connectivity index is 1.89. The van der Waals surface area contributed by atoms with Crippen LogP contribution in [0, 0.1) is 0 Å². The summed E-state index contributed by atoms with van der Waals surface area (Å²) in [5.74, 6) is 5.33. The maximum Gasteiger partial charge on any atom is 0.287 e. The largest absolute Gasteiger partial charge is 0.398 e. The number of carbonyl (C=O) groups is 1. The van der Waals surface area contributed by atoms with Crippen molar-refractivity contribution in [2.75, 3.05) is 11.5 Å². The van der Waals surface area contributed by atoms with Crippen molar-refractivity contribution < 1.29 is 4.79 Å². The predicted molar refractivity (Wildman–Crippen MR) is 81.0 cm³/mol. The molecule has 2 rings (SSSR count). The lowest BCUT2D eigenvalue weighted by Gasteiger charge is -2.05. The molecule has 0 atom stereocenters. The van der Waals surface area contributed by atoms with Crippen LogP contribution >= 0.6 is 27.7 Å². The van der Waals surface area contributed by atoms with Crippen LogP contribution in [0.4, 0.5) is 5.69 Å². The van der Waals surface area contributed by atoms with Gasteiger partial charge < -0.3 is 5.73 Å². The molecule has 0 saturated carbocycles. The summed E-state index contributed by atoms with van der Waals surface area (Å²) in [6, 6.07) is 5.76. The molecule has 0 radical (unpaired) electrons. The minimum Gasteiger partial charge on any atom is -0.398 e. The SMILES string of the molecule is NNC(=O)c1cn(CCSc2ccc(Br)cc2N)nn1. The van der Waals surface area contributed by atoms with Gasteiger partial charge in [-0.25, -0.2) is 5.84 Å². The number of hydrogen-bond donors (Lipinski definition) is 3. The lowest BCUT2D eigenvalue weighted by atomic mass is 10.3. The Morgan fingerprint density at radius 2 is 2.30 bits per heavy atom. The lowest BCUT2D eigenvalue weighted by molar-refractivity contribution is 0.0948. The number of halogens is 1. The van der Waals surface area contributed by atoms with Crippen molar-refractivity contribution in [2.45, 2.75) is 11.4 Å². The normalized spacial score (nSPS) is 10.5. The van der Waals surface area contributed by atoms with Gasteiger partial charge in [0.25, 0.3) is 5.91 Å². The van der Waals surface area contributed by atoms with Gasteiger partial charge in [-0.15, -0.1) is 16.9 Å². The molecular weight excluding hydrogens is 344 g/mol. The summed E-state index contributed by atoms with van der Waals surface area (Å²) < 4.78 is 2.54. The number of nitrogens with zero attached hydrogens (tertiary/aromatic N) is 3. The van der Waals surface area contributed by atoms with Gasteiger partial charge in [0, 0.05) is 20.8 Å². The maximum atomic E-state index is 11.2. The number of amides is 1. The number of anilines is 1. The van der Waals surface area contributed by atoms with Crippen LogP contribution in [0.25, 0.3) is 0 Å². The molecule has 1 aromatic carbocycles. The number of aryl methyl sites for hydroxylation is 1.